The molecule has 1 N–H and O–H groups in total. The van der Waals surface area contributed by atoms with E-state index in [1.807, 2.05) is 11.1 Å². The van der Waals surface area contributed by atoms with E-state index in [-0.39, 0.29) is 6.10 Å². The summed E-state index contributed by atoms with van der Waals surface area (Å²) < 4.78 is 0. The molecule has 4 aliphatic rings. The monoisotopic (exact) mass is 398 g/mol. The first kappa shape index (κ1) is 21.7. The maximum Gasteiger partial charge on any atom is 0.0569 e. The van der Waals surface area contributed by atoms with E-state index in [2.05, 4.69) is 47.6 Å². The average molecular weight is 399 g/mol. The standard InChI is InChI=1S/C28H46O/c1-18(2)8-7-9-19(3)22-12-13-24-21-10-11-23-20(4)26(29)15-17-28(23,6)25(21)14-16-27(22,24)5/h8,19-20,22-24,26,29H,7,9-17H2,1-6H3/t19-,20?,22?,23?,24?,26+,27-,28+/m1/s1. The van der Waals surface area contributed by atoms with Crippen LogP contribution in [0.5, 0.6) is 0 Å². The van der Waals surface area contributed by atoms with Gasteiger partial charge in [-0.25, -0.2) is 0 Å². The summed E-state index contributed by atoms with van der Waals surface area (Å²) in [5.74, 6) is 3.78. The van der Waals surface area contributed by atoms with Crippen molar-refractivity contribution in [2.75, 3.05) is 0 Å². The van der Waals surface area contributed by atoms with Crippen LogP contribution < -0.4 is 0 Å². The average Bonchev–Trinajstić information content (AvgIpc) is 3.02. The van der Waals surface area contributed by atoms with E-state index in [9.17, 15) is 5.11 Å². The van der Waals surface area contributed by atoms with Gasteiger partial charge in [0.15, 0.2) is 0 Å². The van der Waals surface area contributed by atoms with Gasteiger partial charge in [0.05, 0.1) is 6.10 Å². The molecule has 0 spiro atoms. The van der Waals surface area contributed by atoms with Crippen molar-refractivity contribution in [3.63, 3.8) is 0 Å². The van der Waals surface area contributed by atoms with Crippen LogP contribution in [0.4, 0.5) is 0 Å². The van der Waals surface area contributed by atoms with Crippen LogP contribution in [-0.4, -0.2) is 11.2 Å². The lowest BCUT2D eigenvalue weighted by Gasteiger charge is -2.56. The van der Waals surface area contributed by atoms with Gasteiger partial charge >= 0.3 is 0 Å². The van der Waals surface area contributed by atoms with Gasteiger partial charge in [-0.05, 0) is 118 Å². The summed E-state index contributed by atoms with van der Waals surface area (Å²) in [6, 6.07) is 0. The SMILES string of the molecule is CC(C)=CCC[C@@H](C)C1CCC2C3=C(CC[C@@]21C)[C@@]1(C)CC[C@H](O)C(C)C1CC3. The van der Waals surface area contributed by atoms with Crippen LogP contribution in [0.25, 0.3) is 0 Å². The molecular formula is C28H46O. The zero-order chi connectivity index (χ0) is 21.0. The highest BCUT2D eigenvalue weighted by atomic mass is 16.3. The minimum Gasteiger partial charge on any atom is -0.393 e. The summed E-state index contributed by atoms with van der Waals surface area (Å²) in [5.41, 5.74) is 6.15. The third-order valence-corrected chi connectivity index (χ3v) is 10.4. The van der Waals surface area contributed by atoms with Crippen LogP contribution in [0, 0.1) is 40.4 Å². The number of fused-ring (bicyclic) bond motifs is 4. The molecule has 4 aliphatic carbocycles. The maximum atomic E-state index is 10.5. The Morgan fingerprint density at radius 2 is 1.86 bits per heavy atom. The van der Waals surface area contributed by atoms with Crippen LogP contribution in [0.3, 0.4) is 0 Å². The van der Waals surface area contributed by atoms with Gasteiger partial charge < -0.3 is 5.11 Å². The molecule has 0 heterocycles. The minimum atomic E-state index is -0.0680. The zero-order valence-corrected chi connectivity index (χ0v) is 20.1. The summed E-state index contributed by atoms with van der Waals surface area (Å²) in [5, 5.41) is 10.5. The second-order valence-electron chi connectivity index (χ2n) is 12.1. The molecule has 0 aliphatic heterocycles. The molecule has 8 atom stereocenters. The Bertz CT molecular complexity index is 682. The van der Waals surface area contributed by atoms with E-state index in [1.165, 1.54) is 63.4 Å². The second-order valence-corrected chi connectivity index (χ2v) is 12.1. The Balaban J connectivity index is 1.57. The normalized spacial score (nSPS) is 45.3. The zero-order valence-electron chi connectivity index (χ0n) is 20.1. The van der Waals surface area contributed by atoms with Crippen molar-refractivity contribution in [1.82, 2.24) is 0 Å². The van der Waals surface area contributed by atoms with Crippen LogP contribution in [0.1, 0.15) is 106 Å². The molecule has 4 rings (SSSR count). The number of hydrogen-bond donors (Lipinski definition) is 1. The van der Waals surface area contributed by atoms with Gasteiger partial charge in [0.2, 0.25) is 0 Å². The van der Waals surface area contributed by atoms with E-state index in [1.54, 1.807) is 0 Å². The van der Waals surface area contributed by atoms with Crippen molar-refractivity contribution in [1.29, 1.82) is 0 Å². The van der Waals surface area contributed by atoms with Crippen LogP contribution in [0.15, 0.2) is 22.8 Å². The molecule has 29 heavy (non-hydrogen) atoms. The van der Waals surface area contributed by atoms with Crippen molar-refractivity contribution in [3.8, 4) is 0 Å². The van der Waals surface area contributed by atoms with Crippen molar-refractivity contribution in [2.24, 2.45) is 40.4 Å². The number of aliphatic hydroxyl groups is 1. The molecule has 0 saturated heterocycles. The summed E-state index contributed by atoms with van der Waals surface area (Å²) in [6.07, 6.45) is 15.5. The summed E-state index contributed by atoms with van der Waals surface area (Å²) in [7, 11) is 0. The molecule has 0 aromatic carbocycles. The molecule has 4 unspecified atom stereocenters. The number of aliphatic hydroxyl groups excluding tert-OH is 1. The molecule has 0 aromatic heterocycles. The Labute approximate surface area is 180 Å². The van der Waals surface area contributed by atoms with E-state index >= 15 is 0 Å². The highest BCUT2D eigenvalue weighted by Crippen LogP contribution is 2.66. The Hall–Kier alpha value is -0.560. The first-order chi connectivity index (χ1) is 13.7. The first-order valence-corrected chi connectivity index (χ1v) is 12.7. The minimum absolute atomic E-state index is 0.0680. The number of rotatable bonds is 4. The Kier molecular flexibility index (Phi) is 5.86. The van der Waals surface area contributed by atoms with Crippen LogP contribution in [0.2, 0.25) is 0 Å². The van der Waals surface area contributed by atoms with Gasteiger partial charge in [-0.15, -0.1) is 0 Å². The lowest BCUT2D eigenvalue weighted by atomic mass is 9.49. The van der Waals surface area contributed by atoms with E-state index in [0.717, 1.165) is 24.2 Å². The lowest BCUT2D eigenvalue weighted by molar-refractivity contribution is -0.0336. The molecule has 2 fully saturated rings. The quantitative estimate of drug-likeness (QED) is 0.481. The third kappa shape index (κ3) is 3.48. The fraction of sp³-hybridized carbons (Fsp3) is 0.857. The molecule has 1 heteroatoms. The van der Waals surface area contributed by atoms with E-state index in [4.69, 9.17) is 0 Å². The van der Waals surface area contributed by atoms with Crippen molar-refractivity contribution >= 4 is 0 Å². The molecule has 0 amide bonds. The van der Waals surface area contributed by atoms with Gasteiger partial charge in [0, 0.05) is 0 Å². The molecule has 0 bridgehead atoms. The first-order valence-electron chi connectivity index (χ1n) is 12.7. The third-order valence-electron chi connectivity index (χ3n) is 10.4. The van der Waals surface area contributed by atoms with Crippen LogP contribution >= 0.6 is 0 Å². The Morgan fingerprint density at radius 1 is 1.10 bits per heavy atom. The van der Waals surface area contributed by atoms with Gasteiger partial charge in [-0.3, -0.25) is 0 Å². The summed E-state index contributed by atoms with van der Waals surface area (Å²) in [6.45, 7) is 14.6. The predicted octanol–water partition coefficient (Wildman–Crippen LogP) is 7.70. The molecular weight excluding hydrogens is 352 g/mol. The van der Waals surface area contributed by atoms with Gasteiger partial charge in [-0.1, -0.05) is 50.5 Å². The highest BCUT2D eigenvalue weighted by molar-refractivity contribution is 5.34. The Morgan fingerprint density at radius 3 is 2.59 bits per heavy atom. The van der Waals surface area contributed by atoms with Gasteiger partial charge in [0.25, 0.3) is 0 Å². The predicted molar refractivity (Wildman–Crippen MR) is 124 cm³/mol. The smallest absolute Gasteiger partial charge is 0.0569 e. The topological polar surface area (TPSA) is 20.2 Å². The fourth-order valence-electron chi connectivity index (χ4n) is 8.72. The molecule has 2 saturated carbocycles. The number of hydrogen-bond acceptors (Lipinski definition) is 1. The van der Waals surface area contributed by atoms with Gasteiger partial charge in [0.1, 0.15) is 0 Å². The van der Waals surface area contributed by atoms with Crippen molar-refractivity contribution < 1.29 is 5.11 Å². The highest BCUT2D eigenvalue weighted by Gasteiger charge is 2.56. The molecule has 164 valence electrons. The van der Waals surface area contributed by atoms with E-state index in [0.29, 0.717) is 22.7 Å². The lowest BCUT2D eigenvalue weighted by Crippen LogP contribution is -2.49. The second kappa shape index (κ2) is 7.85. The largest absolute Gasteiger partial charge is 0.393 e. The summed E-state index contributed by atoms with van der Waals surface area (Å²) in [4.78, 5) is 0. The maximum absolute atomic E-state index is 10.5. The molecule has 0 radical (unpaired) electrons. The molecule has 1 nitrogen and oxygen atoms in total. The number of allylic oxidation sites excluding steroid dienone is 4. The van der Waals surface area contributed by atoms with Gasteiger partial charge in [-0.2, -0.15) is 0 Å². The van der Waals surface area contributed by atoms with Crippen molar-refractivity contribution in [3.05, 3.63) is 22.8 Å². The summed E-state index contributed by atoms with van der Waals surface area (Å²) >= 11 is 0. The van der Waals surface area contributed by atoms with Crippen LogP contribution in [-0.2, 0) is 0 Å². The molecule has 0 aromatic rings. The van der Waals surface area contributed by atoms with Crippen molar-refractivity contribution in [2.45, 2.75) is 112 Å². The van der Waals surface area contributed by atoms with E-state index < -0.39 is 0 Å². The fourth-order valence-corrected chi connectivity index (χ4v) is 8.72.